The first-order valence-electron chi connectivity index (χ1n) is 5.81. The highest BCUT2D eigenvalue weighted by Crippen LogP contribution is 2.13. The van der Waals surface area contributed by atoms with Gasteiger partial charge >= 0.3 is 0 Å². The molecular weight excluding hydrogens is 250 g/mol. The number of hydrogen-bond acceptors (Lipinski definition) is 5. The molecule has 19 heavy (non-hydrogen) atoms. The van der Waals surface area contributed by atoms with Gasteiger partial charge in [0.05, 0.1) is 17.6 Å². The molecule has 1 aromatic heterocycles. The highest BCUT2D eigenvalue weighted by atomic mass is 16.6. The van der Waals surface area contributed by atoms with Gasteiger partial charge in [0, 0.05) is 19.7 Å². The van der Waals surface area contributed by atoms with Crippen LogP contribution in [0, 0.1) is 0 Å². The van der Waals surface area contributed by atoms with Gasteiger partial charge in [-0.25, -0.2) is 0 Å². The van der Waals surface area contributed by atoms with Crippen molar-refractivity contribution in [3.63, 3.8) is 0 Å². The van der Waals surface area contributed by atoms with Crippen LogP contribution in [-0.2, 0) is 21.0 Å². The molecule has 102 valence electrons. The maximum absolute atomic E-state index is 11.8. The second-order valence-corrected chi connectivity index (χ2v) is 4.21. The monoisotopic (exact) mass is 265 g/mol. The zero-order valence-corrected chi connectivity index (χ0v) is 10.7. The molecule has 1 atom stereocenters. The van der Waals surface area contributed by atoms with Crippen molar-refractivity contribution in [1.29, 1.82) is 0 Å². The number of anilines is 1. The maximum Gasteiger partial charge on any atom is 0.268 e. The van der Waals surface area contributed by atoms with Crippen LogP contribution in [-0.4, -0.2) is 40.5 Å². The molecule has 2 heterocycles. The molecule has 2 N–H and O–H groups in total. The highest BCUT2D eigenvalue weighted by Gasteiger charge is 2.26. The fraction of sp³-hybridized carbons (Fsp3) is 0.455. The molecule has 0 spiro atoms. The summed E-state index contributed by atoms with van der Waals surface area (Å²) in [7, 11) is 1.55. The lowest BCUT2D eigenvalue weighted by molar-refractivity contribution is -0.125. The predicted octanol–water partition coefficient (Wildman–Crippen LogP) is -0.268. The van der Waals surface area contributed by atoms with Gasteiger partial charge in [0.2, 0.25) is 12.0 Å². The third-order valence-electron chi connectivity index (χ3n) is 2.59. The fourth-order valence-electron chi connectivity index (χ4n) is 1.60. The third kappa shape index (κ3) is 3.30. The van der Waals surface area contributed by atoms with Crippen molar-refractivity contribution >= 4 is 23.2 Å². The molecular formula is C11H15N5O3. The van der Waals surface area contributed by atoms with Gasteiger partial charge in [0.15, 0.2) is 0 Å². The summed E-state index contributed by atoms with van der Waals surface area (Å²) in [4.78, 5) is 28.0. The summed E-state index contributed by atoms with van der Waals surface area (Å²) in [5.74, 6) is -0.441. The van der Waals surface area contributed by atoms with E-state index in [1.165, 1.54) is 10.9 Å². The van der Waals surface area contributed by atoms with E-state index in [0.29, 0.717) is 12.1 Å². The number of amides is 2. The van der Waals surface area contributed by atoms with Gasteiger partial charge in [0.25, 0.3) is 5.91 Å². The molecule has 8 heteroatoms. The summed E-state index contributed by atoms with van der Waals surface area (Å²) >= 11 is 0. The SMILES string of the molecule is CNC(=O)Cn1cc(NC(=O)C2CC(C)=NO2)cn1. The zero-order valence-electron chi connectivity index (χ0n) is 10.7. The summed E-state index contributed by atoms with van der Waals surface area (Å²) in [5.41, 5.74) is 1.30. The lowest BCUT2D eigenvalue weighted by Crippen LogP contribution is -2.27. The van der Waals surface area contributed by atoms with Gasteiger partial charge in [-0.1, -0.05) is 5.16 Å². The predicted molar refractivity (Wildman–Crippen MR) is 67.5 cm³/mol. The summed E-state index contributed by atoms with van der Waals surface area (Å²) in [5, 5.41) is 12.8. The minimum absolute atomic E-state index is 0.106. The zero-order chi connectivity index (χ0) is 13.8. The molecule has 0 radical (unpaired) electrons. The first-order chi connectivity index (χ1) is 9.08. The molecule has 0 aromatic carbocycles. The van der Waals surface area contributed by atoms with E-state index in [4.69, 9.17) is 4.84 Å². The van der Waals surface area contributed by atoms with Gasteiger partial charge in [-0.2, -0.15) is 5.10 Å². The Morgan fingerprint density at radius 1 is 1.58 bits per heavy atom. The number of rotatable bonds is 4. The summed E-state index contributed by atoms with van der Waals surface area (Å²) in [6, 6.07) is 0. The molecule has 0 bridgehead atoms. The standard InChI is InChI=1S/C11H15N5O3/c1-7-3-9(19-15-7)11(18)14-8-4-13-16(5-8)6-10(17)12-2/h4-5,9H,3,6H2,1-2H3,(H,12,17)(H,14,18). The van der Waals surface area contributed by atoms with E-state index in [0.717, 1.165) is 5.71 Å². The summed E-state index contributed by atoms with van der Waals surface area (Å²) in [6.45, 7) is 1.91. The van der Waals surface area contributed by atoms with Crippen molar-refractivity contribution < 1.29 is 14.4 Å². The molecule has 1 unspecified atom stereocenters. The molecule has 2 rings (SSSR count). The minimum Gasteiger partial charge on any atom is -0.382 e. The van der Waals surface area contributed by atoms with Gasteiger partial charge < -0.3 is 15.5 Å². The Morgan fingerprint density at radius 2 is 2.37 bits per heavy atom. The topological polar surface area (TPSA) is 97.6 Å². The first-order valence-corrected chi connectivity index (χ1v) is 5.81. The molecule has 1 aliphatic heterocycles. The van der Waals surface area contributed by atoms with Crippen LogP contribution in [0.4, 0.5) is 5.69 Å². The molecule has 0 saturated carbocycles. The normalized spacial score (nSPS) is 17.6. The third-order valence-corrected chi connectivity index (χ3v) is 2.59. The Labute approximate surface area is 109 Å². The number of nitrogens with zero attached hydrogens (tertiary/aromatic N) is 3. The van der Waals surface area contributed by atoms with Gasteiger partial charge in [-0.05, 0) is 6.92 Å². The Hall–Kier alpha value is -2.38. The number of likely N-dealkylation sites (N-methyl/N-ethyl adjacent to an activating group) is 1. The van der Waals surface area contributed by atoms with Crippen LogP contribution in [0.3, 0.4) is 0 Å². The van der Waals surface area contributed by atoms with E-state index in [2.05, 4.69) is 20.9 Å². The Bertz CT molecular complexity index is 522. The van der Waals surface area contributed by atoms with Crippen LogP contribution in [0.5, 0.6) is 0 Å². The average Bonchev–Trinajstić information content (AvgIpc) is 2.98. The molecule has 1 aliphatic rings. The minimum atomic E-state index is -0.595. The van der Waals surface area contributed by atoms with E-state index in [1.807, 2.05) is 0 Å². The molecule has 0 saturated heterocycles. The number of aromatic nitrogens is 2. The number of carbonyl (C=O) groups is 2. The Morgan fingerprint density at radius 3 is 3.00 bits per heavy atom. The smallest absolute Gasteiger partial charge is 0.268 e. The van der Waals surface area contributed by atoms with Crippen LogP contribution in [0.2, 0.25) is 0 Å². The molecule has 0 aliphatic carbocycles. The van der Waals surface area contributed by atoms with E-state index < -0.39 is 6.10 Å². The van der Waals surface area contributed by atoms with Crippen molar-refractivity contribution in [3.8, 4) is 0 Å². The van der Waals surface area contributed by atoms with Crippen molar-refractivity contribution in [1.82, 2.24) is 15.1 Å². The lowest BCUT2D eigenvalue weighted by atomic mass is 10.2. The van der Waals surface area contributed by atoms with Gasteiger partial charge in [-0.3, -0.25) is 14.3 Å². The number of hydrogen-bond donors (Lipinski definition) is 2. The number of nitrogens with one attached hydrogen (secondary N) is 2. The van der Waals surface area contributed by atoms with Crippen LogP contribution in [0.1, 0.15) is 13.3 Å². The largest absolute Gasteiger partial charge is 0.382 e. The van der Waals surface area contributed by atoms with E-state index in [1.54, 1.807) is 20.2 Å². The summed E-state index contributed by atoms with van der Waals surface area (Å²) < 4.78 is 1.44. The second-order valence-electron chi connectivity index (χ2n) is 4.21. The average molecular weight is 265 g/mol. The van der Waals surface area contributed by atoms with Crippen molar-refractivity contribution in [3.05, 3.63) is 12.4 Å². The van der Waals surface area contributed by atoms with Crippen molar-refractivity contribution in [2.75, 3.05) is 12.4 Å². The highest BCUT2D eigenvalue weighted by molar-refractivity contribution is 5.98. The van der Waals surface area contributed by atoms with Gasteiger partial charge in [0.1, 0.15) is 6.54 Å². The number of carbonyl (C=O) groups excluding carboxylic acids is 2. The molecule has 2 amide bonds. The van der Waals surface area contributed by atoms with Crippen LogP contribution in [0.25, 0.3) is 0 Å². The quantitative estimate of drug-likeness (QED) is 0.783. The first kappa shape index (κ1) is 13.1. The van der Waals surface area contributed by atoms with Crippen LogP contribution in [0.15, 0.2) is 17.5 Å². The van der Waals surface area contributed by atoms with Crippen molar-refractivity contribution in [2.45, 2.75) is 26.0 Å². The van der Waals surface area contributed by atoms with E-state index in [-0.39, 0.29) is 18.4 Å². The summed E-state index contributed by atoms with van der Waals surface area (Å²) in [6.07, 6.45) is 2.94. The Kier molecular flexibility index (Phi) is 3.79. The Balaban J connectivity index is 1.89. The molecule has 0 fully saturated rings. The van der Waals surface area contributed by atoms with Crippen LogP contribution < -0.4 is 10.6 Å². The molecule has 8 nitrogen and oxygen atoms in total. The lowest BCUT2D eigenvalue weighted by Gasteiger charge is -2.07. The number of oxime groups is 1. The maximum atomic E-state index is 11.8. The van der Waals surface area contributed by atoms with E-state index in [9.17, 15) is 9.59 Å². The van der Waals surface area contributed by atoms with Crippen molar-refractivity contribution in [2.24, 2.45) is 5.16 Å². The molecule has 1 aromatic rings. The van der Waals surface area contributed by atoms with E-state index >= 15 is 0 Å². The van der Waals surface area contributed by atoms with Crippen LogP contribution >= 0.6 is 0 Å². The van der Waals surface area contributed by atoms with Gasteiger partial charge in [-0.15, -0.1) is 0 Å². The second kappa shape index (κ2) is 5.51. The fourth-order valence-corrected chi connectivity index (χ4v) is 1.60.